The lowest BCUT2D eigenvalue weighted by Gasteiger charge is -1.98. The van der Waals surface area contributed by atoms with Crippen LogP contribution in [0, 0.1) is 0 Å². The molecule has 0 radical (unpaired) electrons. The van der Waals surface area contributed by atoms with Crippen molar-refractivity contribution in [1.29, 1.82) is 0 Å². The quantitative estimate of drug-likeness (QED) is 0.675. The third-order valence-corrected chi connectivity index (χ3v) is 2.84. The average molecular weight is 177 g/mol. The highest BCUT2D eigenvalue weighted by Crippen LogP contribution is 2.15. The van der Waals surface area contributed by atoms with Crippen LogP contribution in [0.2, 0.25) is 0 Å². The van der Waals surface area contributed by atoms with Gasteiger partial charge < -0.3 is 0 Å². The van der Waals surface area contributed by atoms with E-state index in [2.05, 4.69) is 29.3 Å². The van der Waals surface area contributed by atoms with E-state index in [9.17, 15) is 0 Å². The Morgan fingerprint density at radius 1 is 1.25 bits per heavy atom. The summed E-state index contributed by atoms with van der Waals surface area (Å²) in [7, 11) is 0. The second-order valence-electron chi connectivity index (χ2n) is 2.79. The molecule has 0 amide bonds. The third-order valence-electron chi connectivity index (χ3n) is 1.85. The zero-order valence-corrected chi connectivity index (χ0v) is 7.68. The zero-order valence-electron chi connectivity index (χ0n) is 6.86. The lowest BCUT2D eigenvalue weighted by atomic mass is 10.2. The van der Waals surface area contributed by atoms with Crippen molar-refractivity contribution in [1.82, 2.24) is 0 Å². The lowest BCUT2D eigenvalue weighted by Crippen LogP contribution is -1.93. The first-order valence-corrected chi connectivity index (χ1v) is 5.14. The van der Waals surface area contributed by atoms with Crippen LogP contribution in [0.15, 0.2) is 35.3 Å². The molecule has 0 bridgehead atoms. The summed E-state index contributed by atoms with van der Waals surface area (Å²) < 4.78 is 0. The summed E-state index contributed by atoms with van der Waals surface area (Å²) in [5, 5.41) is 1.29. The second kappa shape index (κ2) is 3.76. The van der Waals surface area contributed by atoms with Gasteiger partial charge in [-0.3, -0.25) is 4.99 Å². The largest absolute Gasteiger partial charge is 0.282 e. The van der Waals surface area contributed by atoms with E-state index in [-0.39, 0.29) is 0 Å². The topological polar surface area (TPSA) is 12.4 Å². The standard InChI is InChI=1S/C10H11NS/c1-2-4-9(5-3-1)8-10-11-6-7-12-10/h1-5H,6-8H2. The van der Waals surface area contributed by atoms with Crippen molar-refractivity contribution in [3.8, 4) is 0 Å². The van der Waals surface area contributed by atoms with Gasteiger partial charge in [-0.2, -0.15) is 0 Å². The van der Waals surface area contributed by atoms with E-state index in [0.29, 0.717) is 0 Å². The van der Waals surface area contributed by atoms with Crippen molar-refractivity contribution >= 4 is 16.8 Å². The van der Waals surface area contributed by atoms with Crippen LogP contribution in [0.1, 0.15) is 5.56 Å². The van der Waals surface area contributed by atoms with E-state index in [4.69, 9.17) is 0 Å². The van der Waals surface area contributed by atoms with E-state index in [1.54, 1.807) is 0 Å². The van der Waals surface area contributed by atoms with Gasteiger partial charge in [0.1, 0.15) is 0 Å². The normalized spacial score (nSPS) is 16.2. The Morgan fingerprint density at radius 3 is 2.75 bits per heavy atom. The van der Waals surface area contributed by atoms with E-state index < -0.39 is 0 Å². The van der Waals surface area contributed by atoms with E-state index in [0.717, 1.165) is 13.0 Å². The van der Waals surface area contributed by atoms with Crippen LogP contribution >= 0.6 is 11.8 Å². The van der Waals surface area contributed by atoms with Crippen molar-refractivity contribution in [2.75, 3.05) is 12.3 Å². The molecule has 12 heavy (non-hydrogen) atoms. The number of benzene rings is 1. The molecule has 0 fully saturated rings. The minimum atomic E-state index is 1.01. The molecule has 1 aromatic rings. The molecule has 0 spiro atoms. The fourth-order valence-corrected chi connectivity index (χ4v) is 2.13. The van der Waals surface area contributed by atoms with Crippen LogP contribution < -0.4 is 0 Å². The van der Waals surface area contributed by atoms with E-state index in [1.807, 2.05) is 17.8 Å². The second-order valence-corrected chi connectivity index (χ2v) is 3.95. The fourth-order valence-electron chi connectivity index (χ4n) is 1.26. The molecule has 0 atom stereocenters. The maximum atomic E-state index is 4.41. The summed E-state index contributed by atoms with van der Waals surface area (Å²) in [5.41, 5.74) is 1.37. The Bertz CT molecular complexity index is 279. The molecule has 62 valence electrons. The van der Waals surface area contributed by atoms with Gasteiger partial charge in [0.2, 0.25) is 0 Å². The minimum absolute atomic E-state index is 1.01. The first kappa shape index (κ1) is 7.87. The zero-order chi connectivity index (χ0) is 8.23. The van der Waals surface area contributed by atoms with Crippen LogP contribution in [0.25, 0.3) is 0 Å². The van der Waals surface area contributed by atoms with Crippen LogP contribution in [-0.2, 0) is 6.42 Å². The van der Waals surface area contributed by atoms with E-state index in [1.165, 1.54) is 16.4 Å². The van der Waals surface area contributed by atoms with Crippen molar-refractivity contribution in [3.63, 3.8) is 0 Å². The Kier molecular flexibility index (Phi) is 2.47. The summed E-state index contributed by atoms with van der Waals surface area (Å²) in [6.45, 7) is 1.01. The van der Waals surface area contributed by atoms with Gasteiger partial charge in [-0.1, -0.05) is 30.3 Å². The summed E-state index contributed by atoms with van der Waals surface area (Å²) in [4.78, 5) is 4.41. The van der Waals surface area contributed by atoms with Gasteiger partial charge in [-0.25, -0.2) is 0 Å². The van der Waals surface area contributed by atoms with Crippen molar-refractivity contribution in [3.05, 3.63) is 35.9 Å². The summed E-state index contributed by atoms with van der Waals surface area (Å²) in [6.07, 6.45) is 1.02. The van der Waals surface area contributed by atoms with Crippen molar-refractivity contribution in [2.45, 2.75) is 6.42 Å². The predicted octanol–water partition coefficient (Wildman–Crippen LogP) is 2.37. The number of thioether (sulfide) groups is 1. The van der Waals surface area contributed by atoms with Crippen LogP contribution in [0.5, 0.6) is 0 Å². The molecule has 0 saturated carbocycles. The smallest absolute Gasteiger partial charge is 0.0720 e. The first-order chi connectivity index (χ1) is 5.95. The number of hydrogen-bond donors (Lipinski definition) is 0. The Labute approximate surface area is 76.9 Å². The highest BCUT2D eigenvalue weighted by Gasteiger charge is 2.06. The lowest BCUT2D eigenvalue weighted by molar-refractivity contribution is 1.16. The summed E-state index contributed by atoms with van der Waals surface area (Å²) in [5.74, 6) is 1.17. The van der Waals surface area contributed by atoms with Gasteiger partial charge >= 0.3 is 0 Å². The van der Waals surface area contributed by atoms with Gasteiger partial charge in [0, 0.05) is 18.7 Å². The van der Waals surface area contributed by atoms with Gasteiger partial charge in [-0.05, 0) is 5.56 Å². The fraction of sp³-hybridized carbons (Fsp3) is 0.300. The monoisotopic (exact) mass is 177 g/mol. The van der Waals surface area contributed by atoms with Crippen LogP contribution in [-0.4, -0.2) is 17.3 Å². The van der Waals surface area contributed by atoms with Gasteiger partial charge in [0.15, 0.2) is 0 Å². The Hall–Kier alpha value is -0.760. The molecular weight excluding hydrogens is 166 g/mol. The third kappa shape index (κ3) is 1.89. The molecule has 0 unspecified atom stereocenters. The number of nitrogens with zero attached hydrogens (tertiary/aromatic N) is 1. The molecule has 0 saturated heterocycles. The maximum Gasteiger partial charge on any atom is 0.0720 e. The Morgan fingerprint density at radius 2 is 2.08 bits per heavy atom. The highest BCUT2D eigenvalue weighted by atomic mass is 32.2. The molecule has 2 heteroatoms. The number of rotatable bonds is 2. The van der Waals surface area contributed by atoms with Crippen molar-refractivity contribution < 1.29 is 0 Å². The highest BCUT2D eigenvalue weighted by molar-refractivity contribution is 8.14. The molecule has 1 aromatic carbocycles. The molecule has 1 heterocycles. The maximum absolute atomic E-state index is 4.41. The van der Waals surface area contributed by atoms with Crippen LogP contribution in [0.3, 0.4) is 0 Å². The molecular formula is C10H11NS. The molecule has 1 aliphatic heterocycles. The van der Waals surface area contributed by atoms with Gasteiger partial charge in [-0.15, -0.1) is 11.8 Å². The average Bonchev–Trinajstić information content (AvgIpc) is 2.59. The summed E-state index contributed by atoms with van der Waals surface area (Å²) >= 11 is 1.89. The molecule has 0 aliphatic carbocycles. The van der Waals surface area contributed by atoms with Gasteiger partial charge in [0.05, 0.1) is 5.04 Å². The SMILES string of the molecule is c1ccc(CC2=NCCS2)cc1. The van der Waals surface area contributed by atoms with Crippen LogP contribution in [0.4, 0.5) is 0 Å². The number of aliphatic imine (C=N–C) groups is 1. The molecule has 0 N–H and O–H groups in total. The van der Waals surface area contributed by atoms with E-state index >= 15 is 0 Å². The predicted molar refractivity (Wildman–Crippen MR) is 54.9 cm³/mol. The molecule has 2 rings (SSSR count). The molecule has 0 aromatic heterocycles. The Balaban J connectivity index is 2.04. The number of hydrogen-bond acceptors (Lipinski definition) is 2. The first-order valence-electron chi connectivity index (χ1n) is 4.15. The van der Waals surface area contributed by atoms with Gasteiger partial charge in [0.25, 0.3) is 0 Å². The van der Waals surface area contributed by atoms with Crippen molar-refractivity contribution in [2.24, 2.45) is 4.99 Å². The summed E-state index contributed by atoms with van der Waals surface area (Å²) in [6, 6.07) is 10.5. The molecule has 1 nitrogen and oxygen atoms in total. The minimum Gasteiger partial charge on any atom is -0.282 e. The molecule has 1 aliphatic rings.